The molecule has 3 aromatic carbocycles. The van der Waals surface area contributed by atoms with Crippen LogP contribution in [0, 0.1) is 0 Å². The number of aliphatic imine (C=N–C) groups is 1. The lowest BCUT2D eigenvalue weighted by molar-refractivity contribution is -0.114. The van der Waals surface area contributed by atoms with E-state index >= 15 is 0 Å². The van der Waals surface area contributed by atoms with E-state index in [0.717, 1.165) is 36.3 Å². The van der Waals surface area contributed by atoms with Gasteiger partial charge in [-0.2, -0.15) is 4.99 Å². The van der Waals surface area contributed by atoms with Crippen LogP contribution in [0.15, 0.2) is 89.6 Å². The van der Waals surface area contributed by atoms with Crippen LogP contribution in [0.4, 0.5) is 17.1 Å². The molecule has 33 heavy (non-hydrogen) atoms. The minimum absolute atomic E-state index is 0.210. The fourth-order valence-electron chi connectivity index (χ4n) is 4.64. The van der Waals surface area contributed by atoms with E-state index in [4.69, 9.17) is 0 Å². The quantitative estimate of drug-likeness (QED) is 0.509. The van der Waals surface area contributed by atoms with Gasteiger partial charge >= 0.3 is 0 Å². The van der Waals surface area contributed by atoms with Crippen molar-refractivity contribution < 1.29 is 4.79 Å². The molecule has 0 saturated carbocycles. The molecular weight excluding hydrogens is 408 g/mol. The van der Waals surface area contributed by atoms with E-state index in [1.807, 2.05) is 76.5 Å². The van der Waals surface area contributed by atoms with Crippen LogP contribution in [-0.2, 0) is 11.2 Å². The average Bonchev–Trinajstić information content (AvgIpc) is 3.15. The number of rotatable bonds is 4. The van der Waals surface area contributed by atoms with Crippen molar-refractivity contribution in [2.24, 2.45) is 4.99 Å². The van der Waals surface area contributed by atoms with Gasteiger partial charge in [-0.15, -0.1) is 0 Å². The third-order valence-corrected chi connectivity index (χ3v) is 6.26. The van der Waals surface area contributed by atoms with Crippen LogP contribution in [-0.4, -0.2) is 36.9 Å². The zero-order valence-corrected chi connectivity index (χ0v) is 19.1. The second kappa shape index (κ2) is 8.94. The highest BCUT2D eigenvalue weighted by Crippen LogP contribution is 2.32. The van der Waals surface area contributed by atoms with Crippen molar-refractivity contribution in [1.82, 2.24) is 4.90 Å². The number of likely N-dealkylation sites (N-methyl/N-ethyl adjacent to an activating group) is 1. The lowest BCUT2D eigenvalue weighted by Gasteiger charge is -2.30. The Kier molecular flexibility index (Phi) is 5.69. The highest BCUT2D eigenvalue weighted by Gasteiger charge is 2.33. The Morgan fingerprint density at radius 1 is 0.970 bits per heavy atom. The molecule has 0 bridgehead atoms. The molecule has 0 atom stereocenters. The number of nitrogens with zero attached hydrogens (tertiary/aromatic N) is 4. The van der Waals surface area contributed by atoms with Crippen molar-refractivity contribution in [3.63, 3.8) is 0 Å². The zero-order valence-electron chi connectivity index (χ0n) is 19.1. The molecule has 5 heteroatoms. The molecule has 2 heterocycles. The van der Waals surface area contributed by atoms with Crippen LogP contribution >= 0.6 is 0 Å². The predicted molar refractivity (Wildman–Crippen MR) is 136 cm³/mol. The van der Waals surface area contributed by atoms with Gasteiger partial charge < -0.3 is 9.80 Å². The van der Waals surface area contributed by atoms with Crippen LogP contribution in [0.1, 0.15) is 24.5 Å². The van der Waals surface area contributed by atoms with Gasteiger partial charge in [-0.05, 0) is 73.4 Å². The van der Waals surface area contributed by atoms with Crippen LogP contribution in [0.25, 0.3) is 6.08 Å². The normalized spacial score (nSPS) is 16.7. The molecule has 0 unspecified atom stereocenters. The number of aryl methyl sites for hydroxylation is 1. The molecule has 0 spiro atoms. The Balaban J connectivity index is 1.54. The molecular formula is C28H28N4O. The van der Waals surface area contributed by atoms with E-state index in [1.54, 1.807) is 0 Å². The number of fused-ring (bicyclic) bond motifs is 1. The smallest absolute Gasteiger partial charge is 0.296 e. The highest BCUT2D eigenvalue weighted by molar-refractivity contribution is 6.19. The number of carbonyl (C=O) groups excluding carboxylic acids is 1. The number of amides is 1. The summed E-state index contributed by atoms with van der Waals surface area (Å²) < 4.78 is 0. The van der Waals surface area contributed by atoms with Gasteiger partial charge in [0.15, 0.2) is 0 Å². The molecule has 0 aliphatic carbocycles. The van der Waals surface area contributed by atoms with Gasteiger partial charge in [0.1, 0.15) is 5.70 Å². The lowest BCUT2D eigenvalue weighted by atomic mass is 9.99. The van der Waals surface area contributed by atoms with Crippen LogP contribution < -0.4 is 9.80 Å². The summed E-state index contributed by atoms with van der Waals surface area (Å²) in [5.74, 6) is 0.419. The van der Waals surface area contributed by atoms with Crippen molar-refractivity contribution >= 4 is 35.0 Å². The summed E-state index contributed by atoms with van der Waals surface area (Å²) in [5, 5.41) is 0. The predicted octanol–water partition coefficient (Wildman–Crippen LogP) is 5.47. The third-order valence-electron chi connectivity index (χ3n) is 6.26. The average molecular weight is 437 g/mol. The van der Waals surface area contributed by atoms with Crippen LogP contribution in [0.3, 0.4) is 0 Å². The summed E-state index contributed by atoms with van der Waals surface area (Å²) in [5.41, 5.74) is 6.19. The maximum Gasteiger partial charge on any atom is 0.296 e. The number of hydrogen-bond acceptors (Lipinski definition) is 4. The van der Waals surface area contributed by atoms with Gasteiger partial charge in [0.05, 0.1) is 0 Å². The molecule has 0 saturated heterocycles. The fraction of sp³-hybridized carbons (Fsp3) is 0.214. The third kappa shape index (κ3) is 4.02. The minimum Gasteiger partial charge on any atom is -0.374 e. The number of anilines is 3. The SMILES string of the molecule is CCN1C(=Cc2ccc3c(c2)CCCN3C)C(=O)N=C1N(c1ccccc1)c1ccccc1. The van der Waals surface area contributed by atoms with Gasteiger partial charge in [0.2, 0.25) is 5.96 Å². The highest BCUT2D eigenvalue weighted by atomic mass is 16.2. The van der Waals surface area contributed by atoms with Gasteiger partial charge in [-0.1, -0.05) is 42.5 Å². The van der Waals surface area contributed by atoms with E-state index < -0.39 is 0 Å². The molecule has 166 valence electrons. The first-order chi connectivity index (χ1) is 16.2. The first-order valence-corrected chi connectivity index (χ1v) is 11.5. The standard InChI is InChI=1S/C28H28N4O/c1-3-31-26(20-21-16-17-25-22(19-21)11-10-18-30(25)2)27(33)29-28(31)32(23-12-6-4-7-13-23)24-14-8-5-9-15-24/h4-9,12-17,19-20H,3,10-11,18H2,1-2H3. The van der Waals surface area contributed by atoms with Gasteiger partial charge in [0.25, 0.3) is 5.91 Å². The van der Waals surface area contributed by atoms with E-state index in [9.17, 15) is 4.79 Å². The van der Waals surface area contributed by atoms with Crippen molar-refractivity contribution in [3.8, 4) is 0 Å². The number of guanidine groups is 1. The summed E-state index contributed by atoms with van der Waals surface area (Å²) >= 11 is 0. The van der Waals surface area contributed by atoms with Crippen molar-refractivity contribution in [2.75, 3.05) is 29.9 Å². The number of para-hydroxylation sites is 2. The van der Waals surface area contributed by atoms with E-state index in [1.165, 1.54) is 11.3 Å². The molecule has 0 radical (unpaired) electrons. The molecule has 0 N–H and O–H groups in total. The van der Waals surface area contributed by atoms with E-state index in [2.05, 4.69) is 42.1 Å². The Hall–Kier alpha value is -3.86. The summed E-state index contributed by atoms with van der Waals surface area (Å²) in [6, 6.07) is 26.6. The fourth-order valence-corrected chi connectivity index (χ4v) is 4.64. The van der Waals surface area contributed by atoms with Crippen molar-refractivity contribution in [2.45, 2.75) is 19.8 Å². The first-order valence-electron chi connectivity index (χ1n) is 11.5. The molecule has 3 aromatic rings. The molecule has 1 amide bonds. The van der Waals surface area contributed by atoms with Gasteiger partial charge in [0, 0.05) is 37.2 Å². The Morgan fingerprint density at radius 3 is 2.27 bits per heavy atom. The maximum atomic E-state index is 13.1. The second-order valence-corrected chi connectivity index (χ2v) is 8.41. The van der Waals surface area contributed by atoms with Crippen molar-refractivity contribution in [3.05, 3.63) is 95.7 Å². The van der Waals surface area contributed by atoms with Crippen molar-refractivity contribution in [1.29, 1.82) is 0 Å². The van der Waals surface area contributed by atoms with Gasteiger partial charge in [-0.25, -0.2) is 0 Å². The number of hydrogen-bond donors (Lipinski definition) is 0. The Labute approximate surface area is 195 Å². The lowest BCUT2D eigenvalue weighted by Crippen LogP contribution is -2.38. The Morgan fingerprint density at radius 2 is 1.64 bits per heavy atom. The summed E-state index contributed by atoms with van der Waals surface area (Å²) in [6.07, 6.45) is 4.20. The van der Waals surface area contributed by atoms with Crippen LogP contribution in [0.2, 0.25) is 0 Å². The van der Waals surface area contributed by atoms with Crippen LogP contribution in [0.5, 0.6) is 0 Å². The minimum atomic E-state index is -0.210. The number of carbonyl (C=O) groups is 1. The topological polar surface area (TPSA) is 39.1 Å². The monoisotopic (exact) mass is 436 g/mol. The Bertz CT molecular complexity index is 1180. The second-order valence-electron chi connectivity index (χ2n) is 8.41. The summed E-state index contributed by atoms with van der Waals surface area (Å²) in [7, 11) is 2.14. The summed E-state index contributed by atoms with van der Waals surface area (Å²) in [4.78, 5) is 24.0. The molecule has 2 aliphatic heterocycles. The van der Waals surface area contributed by atoms with E-state index in [-0.39, 0.29) is 5.91 Å². The van der Waals surface area contributed by atoms with E-state index in [0.29, 0.717) is 18.2 Å². The van der Waals surface area contributed by atoms with Gasteiger partial charge in [-0.3, -0.25) is 9.69 Å². The maximum absolute atomic E-state index is 13.1. The molecule has 0 aromatic heterocycles. The number of benzene rings is 3. The molecule has 5 rings (SSSR count). The molecule has 5 nitrogen and oxygen atoms in total. The first kappa shape index (κ1) is 21.0. The molecule has 0 fully saturated rings. The summed E-state index contributed by atoms with van der Waals surface area (Å²) in [6.45, 7) is 3.78. The largest absolute Gasteiger partial charge is 0.374 e. The zero-order chi connectivity index (χ0) is 22.8. The molecule has 2 aliphatic rings.